The topological polar surface area (TPSA) is 135 Å². The summed E-state index contributed by atoms with van der Waals surface area (Å²) in [6.07, 6.45) is -9.31. The van der Waals surface area contributed by atoms with Crippen molar-refractivity contribution in [2.24, 2.45) is 0 Å². The highest BCUT2D eigenvalue weighted by molar-refractivity contribution is 7.93. The molecule has 0 radical (unpaired) electrons. The maximum Gasteiger partial charge on any atom is 0.416 e. The van der Waals surface area contributed by atoms with Crippen LogP contribution in [0.5, 0.6) is 0 Å². The average Bonchev–Trinajstić information content (AvgIpc) is 2.95. The largest absolute Gasteiger partial charge is 0.416 e. The van der Waals surface area contributed by atoms with Gasteiger partial charge in [0.1, 0.15) is 0 Å². The molecule has 0 aromatic heterocycles. The van der Waals surface area contributed by atoms with Gasteiger partial charge in [0, 0.05) is 12.1 Å². The SMILES string of the molecule is O=S(=O)(Nc1ccccc1Cl)c1cccc(C(F)(F)F)c1.O=[N+]([O-])c1ccc(NS(=O)(=O)c2cccc(C(F)(F)F)c2)c(Cl)c1. The molecule has 4 rings (SSSR count). The van der Waals surface area contributed by atoms with Crippen LogP contribution in [0.1, 0.15) is 11.1 Å². The molecule has 2 N–H and O–H groups in total. The Morgan fingerprint density at radius 2 is 1.04 bits per heavy atom. The van der Waals surface area contributed by atoms with Crippen molar-refractivity contribution in [1.82, 2.24) is 0 Å². The summed E-state index contributed by atoms with van der Waals surface area (Å²) in [7, 11) is -8.51. The maximum atomic E-state index is 12.7. The third kappa shape index (κ3) is 9.46. The number of non-ortho nitro benzene ring substituents is 1. The lowest BCUT2D eigenvalue weighted by atomic mass is 10.2. The molecule has 0 amide bonds. The third-order valence-electron chi connectivity index (χ3n) is 5.47. The Balaban J connectivity index is 0.000000248. The molecule has 0 saturated carbocycles. The van der Waals surface area contributed by atoms with Crippen LogP contribution in [0.2, 0.25) is 10.0 Å². The van der Waals surface area contributed by atoms with Gasteiger partial charge in [-0.05, 0) is 54.6 Å². The minimum absolute atomic E-state index is 0.0941. The van der Waals surface area contributed by atoms with Crippen LogP contribution in [-0.2, 0) is 32.4 Å². The third-order valence-corrected chi connectivity index (χ3v) is 8.84. The van der Waals surface area contributed by atoms with Crippen LogP contribution in [0.4, 0.5) is 43.4 Å². The van der Waals surface area contributed by atoms with E-state index in [1.165, 1.54) is 12.1 Å². The van der Waals surface area contributed by atoms with E-state index in [0.29, 0.717) is 12.1 Å². The van der Waals surface area contributed by atoms with E-state index >= 15 is 0 Å². The molecule has 4 aromatic rings. The van der Waals surface area contributed by atoms with Gasteiger partial charge in [-0.3, -0.25) is 19.6 Å². The molecule has 19 heteroatoms. The Kier molecular flexibility index (Phi) is 10.6. The van der Waals surface area contributed by atoms with Gasteiger partial charge in [0.2, 0.25) is 0 Å². The number of alkyl halides is 6. The van der Waals surface area contributed by atoms with Crippen LogP contribution in [0.3, 0.4) is 0 Å². The lowest BCUT2D eigenvalue weighted by molar-refractivity contribution is -0.384. The van der Waals surface area contributed by atoms with Gasteiger partial charge in [-0.15, -0.1) is 0 Å². The van der Waals surface area contributed by atoms with Gasteiger partial charge in [0.05, 0.1) is 47.3 Å². The van der Waals surface area contributed by atoms with Crippen molar-refractivity contribution in [1.29, 1.82) is 0 Å². The first-order chi connectivity index (χ1) is 20.7. The van der Waals surface area contributed by atoms with Gasteiger partial charge in [-0.25, -0.2) is 16.8 Å². The van der Waals surface area contributed by atoms with Crippen LogP contribution >= 0.6 is 23.2 Å². The minimum Gasteiger partial charge on any atom is -0.278 e. The summed E-state index contributed by atoms with van der Waals surface area (Å²) in [4.78, 5) is 8.77. The van der Waals surface area contributed by atoms with Gasteiger partial charge in [0.25, 0.3) is 25.7 Å². The Morgan fingerprint density at radius 1 is 0.600 bits per heavy atom. The van der Waals surface area contributed by atoms with Crippen molar-refractivity contribution < 1.29 is 48.1 Å². The van der Waals surface area contributed by atoms with Gasteiger partial charge >= 0.3 is 12.4 Å². The van der Waals surface area contributed by atoms with E-state index in [4.69, 9.17) is 23.2 Å². The van der Waals surface area contributed by atoms with Crippen molar-refractivity contribution in [2.75, 3.05) is 9.44 Å². The number of nitro groups is 1. The van der Waals surface area contributed by atoms with Crippen LogP contribution in [0.15, 0.2) is 101 Å². The lowest BCUT2D eigenvalue weighted by Crippen LogP contribution is -2.15. The number of sulfonamides is 2. The fourth-order valence-electron chi connectivity index (χ4n) is 3.33. The van der Waals surface area contributed by atoms with Crippen molar-refractivity contribution in [2.45, 2.75) is 22.1 Å². The van der Waals surface area contributed by atoms with Gasteiger partial charge in [-0.2, -0.15) is 26.3 Å². The Morgan fingerprint density at radius 3 is 1.44 bits per heavy atom. The van der Waals surface area contributed by atoms with Gasteiger partial charge in [0.15, 0.2) is 0 Å². The van der Waals surface area contributed by atoms with Crippen LogP contribution < -0.4 is 9.44 Å². The van der Waals surface area contributed by atoms with Crippen LogP contribution in [0, 0.1) is 10.1 Å². The first kappa shape index (κ1) is 35.4. The zero-order chi connectivity index (χ0) is 33.8. The molecule has 0 aliphatic carbocycles. The summed E-state index contributed by atoms with van der Waals surface area (Å²) in [5.41, 5.74) is -2.62. The first-order valence-electron chi connectivity index (χ1n) is 11.8. The molecule has 0 atom stereocenters. The number of halogens is 8. The van der Waals surface area contributed by atoms with E-state index in [1.807, 2.05) is 4.72 Å². The Bertz CT molecular complexity index is 1940. The first-order valence-corrected chi connectivity index (χ1v) is 15.5. The fraction of sp³-hybridized carbons (Fsp3) is 0.0769. The monoisotopic (exact) mass is 715 g/mol. The molecule has 45 heavy (non-hydrogen) atoms. The molecule has 0 bridgehead atoms. The predicted molar refractivity (Wildman–Crippen MR) is 154 cm³/mol. The molecule has 0 saturated heterocycles. The summed E-state index contributed by atoms with van der Waals surface area (Å²) >= 11 is 11.6. The molecule has 0 fully saturated rings. The number of nitrogens with one attached hydrogen (secondary N) is 2. The molecule has 0 spiro atoms. The predicted octanol–water partition coefficient (Wildman–Crippen LogP) is 8.23. The second kappa shape index (κ2) is 13.5. The second-order valence-corrected chi connectivity index (χ2v) is 12.8. The number of benzene rings is 4. The van der Waals surface area contributed by atoms with Gasteiger partial charge < -0.3 is 0 Å². The van der Waals surface area contributed by atoms with E-state index in [2.05, 4.69) is 4.72 Å². The van der Waals surface area contributed by atoms with Crippen molar-refractivity contribution in [3.8, 4) is 0 Å². The molecular formula is C26H17Cl2F6N3O6S2. The highest BCUT2D eigenvalue weighted by Crippen LogP contribution is 2.33. The minimum atomic E-state index is -4.70. The smallest absolute Gasteiger partial charge is 0.278 e. The second-order valence-electron chi connectivity index (χ2n) is 8.66. The van der Waals surface area contributed by atoms with E-state index in [-0.39, 0.29) is 27.1 Å². The quantitative estimate of drug-likeness (QED) is 0.112. The highest BCUT2D eigenvalue weighted by atomic mass is 35.5. The van der Waals surface area contributed by atoms with E-state index in [0.717, 1.165) is 54.6 Å². The summed E-state index contributed by atoms with van der Waals surface area (Å²) in [5.74, 6) is 0. The molecule has 0 aliphatic heterocycles. The zero-order valence-corrected chi connectivity index (χ0v) is 25.0. The zero-order valence-electron chi connectivity index (χ0n) is 21.9. The number of rotatable bonds is 7. The molecule has 240 valence electrons. The summed E-state index contributed by atoms with van der Waals surface area (Å²) in [6, 6.07) is 15.6. The average molecular weight is 716 g/mol. The van der Waals surface area contributed by atoms with Crippen molar-refractivity contribution in [3.05, 3.63) is 122 Å². The number of hydrogen-bond donors (Lipinski definition) is 2. The molecular weight excluding hydrogens is 699 g/mol. The fourth-order valence-corrected chi connectivity index (χ4v) is 6.10. The Hall–Kier alpha value is -4.06. The molecule has 9 nitrogen and oxygen atoms in total. The van der Waals surface area contributed by atoms with Crippen molar-refractivity contribution >= 4 is 60.3 Å². The summed E-state index contributed by atoms with van der Waals surface area (Å²) in [5, 5.41) is 10.5. The molecule has 0 heterocycles. The molecule has 4 aromatic carbocycles. The summed E-state index contributed by atoms with van der Waals surface area (Å²) in [6.45, 7) is 0. The van der Waals surface area contributed by atoms with E-state index in [9.17, 15) is 53.3 Å². The number of para-hydroxylation sites is 1. The normalized spacial score (nSPS) is 12.1. The number of anilines is 2. The lowest BCUT2D eigenvalue weighted by Gasteiger charge is -2.12. The van der Waals surface area contributed by atoms with Crippen molar-refractivity contribution in [3.63, 3.8) is 0 Å². The standard InChI is InChI=1S/C13H8ClF3N2O4S.C13H9ClF3NO2S/c14-11-7-9(19(20)21)4-5-12(11)18-24(22,23)10-3-1-2-8(6-10)13(15,16)17;14-11-6-1-2-7-12(11)18-21(19,20)10-5-3-4-9(8-10)13(15,16)17/h1-7,18H;1-8,18H. The maximum absolute atomic E-state index is 12.7. The number of nitrogens with zero attached hydrogens (tertiary/aromatic N) is 1. The number of hydrogen-bond acceptors (Lipinski definition) is 6. The van der Waals surface area contributed by atoms with E-state index < -0.39 is 58.2 Å². The Labute approximate surface area is 261 Å². The molecule has 0 aliphatic rings. The number of nitro benzene ring substituents is 1. The molecule has 0 unspecified atom stereocenters. The van der Waals surface area contributed by atoms with Crippen LogP contribution in [0.25, 0.3) is 0 Å². The van der Waals surface area contributed by atoms with E-state index in [1.54, 1.807) is 12.1 Å². The van der Waals surface area contributed by atoms with Gasteiger partial charge in [-0.1, -0.05) is 47.5 Å². The van der Waals surface area contributed by atoms with Crippen LogP contribution in [-0.4, -0.2) is 21.8 Å². The summed E-state index contributed by atoms with van der Waals surface area (Å²) < 4.78 is 129. The highest BCUT2D eigenvalue weighted by Gasteiger charge is 2.33.